The van der Waals surface area contributed by atoms with E-state index in [0.29, 0.717) is 17.5 Å². The van der Waals surface area contributed by atoms with E-state index < -0.39 is 0 Å². The highest BCUT2D eigenvalue weighted by Crippen LogP contribution is 2.23. The summed E-state index contributed by atoms with van der Waals surface area (Å²) in [5.74, 6) is 2.53. The average Bonchev–Trinajstić information content (AvgIpc) is 2.46. The van der Waals surface area contributed by atoms with E-state index >= 15 is 0 Å². The van der Waals surface area contributed by atoms with Gasteiger partial charge in [-0.3, -0.25) is 4.98 Å². The fourth-order valence-corrected chi connectivity index (χ4v) is 1.95. The predicted octanol–water partition coefficient (Wildman–Crippen LogP) is 3.17. The summed E-state index contributed by atoms with van der Waals surface area (Å²) in [4.78, 5) is 12.8. The van der Waals surface area contributed by atoms with Crippen LogP contribution >= 0.6 is 0 Å². The first-order valence-corrected chi connectivity index (χ1v) is 6.31. The number of hydrogen-bond acceptors (Lipinski definition) is 5. The van der Waals surface area contributed by atoms with Gasteiger partial charge in [-0.15, -0.1) is 0 Å². The summed E-state index contributed by atoms with van der Waals surface area (Å²) in [5, 5.41) is 4.01. The molecule has 0 fully saturated rings. The lowest BCUT2D eigenvalue weighted by Gasteiger charge is -2.07. The zero-order chi connectivity index (χ0) is 13.9. The van der Waals surface area contributed by atoms with Crippen molar-refractivity contribution in [2.24, 2.45) is 0 Å². The van der Waals surface area contributed by atoms with E-state index in [9.17, 15) is 0 Å². The second-order valence-corrected chi connectivity index (χ2v) is 4.35. The van der Waals surface area contributed by atoms with Gasteiger partial charge in [-0.1, -0.05) is 18.2 Å². The van der Waals surface area contributed by atoms with E-state index in [1.807, 2.05) is 44.3 Å². The van der Waals surface area contributed by atoms with E-state index in [0.717, 1.165) is 16.7 Å². The largest absolute Gasteiger partial charge is 0.437 e. The Kier molecular flexibility index (Phi) is 3.16. The number of fused-ring (bicyclic) bond motifs is 1. The molecule has 100 valence electrons. The molecule has 3 aromatic rings. The number of aromatic nitrogens is 3. The molecule has 20 heavy (non-hydrogen) atoms. The maximum absolute atomic E-state index is 5.76. The molecule has 5 heteroatoms. The molecule has 0 aliphatic heterocycles. The minimum absolute atomic E-state index is 0.499. The number of benzene rings is 1. The van der Waals surface area contributed by atoms with Crippen LogP contribution in [0.1, 0.15) is 5.82 Å². The lowest BCUT2D eigenvalue weighted by atomic mass is 10.2. The zero-order valence-corrected chi connectivity index (χ0v) is 11.3. The third-order valence-electron chi connectivity index (χ3n) is 2.86. The fourth-order valence-electron chi connectivity index (χ4n) is 1.95. The maximum Gasteiger partial charge on any atom is 0.224 e. The van der Waals surface area contributed by atoms with Crippen LogP contribution in [0.25, 0.3) is 10.9 Å². The molecule has 0 saturated carbocycles. The molecule has 1 aromatic carbocycles. The molecule has 1 N–H and O–H groups in total. The zero-order valence-electron chi connectivity index (χ0n) is 11.3. The van der Waals surface area contributed by atoms with Crippen molar-refractivity contribution in [1.82, 2.24) is 15.0 Å². The van der Waals surface area contributed by atoms with Crippen molar-refractivity contribution in [2.75, 3.05) is 12.4 Å². The van der Waals surface area contributed by atoms with Crippen LogP contribution in [0, 0.1) is 6.92 Å². The Bertz CT molecular complexity index is 758. The second kappa shape index (κ2) is 5.13. The highest BCUT2D eigenvalue weighted by atomic mass is 16.5. The molecule has 0 amide bonds. The van der Waals surface area contributed by atoms with Crippen LogP contribution in [0.4, 0.5) is 5.82 Å². The summed E-state index contributed by atoms with van der Waals surface area (Å²) in [6, 6.07) is 11.6. The van der Waals surface area contributed by atoms with Gasteiger partial charge < -0.3 is 10.1 Å². The highest BCUT2D eigenvalue weighted by molar-refractivity contribution is 5.79. The van der Waals surface area contributed by atoms with Crippen molar-refractivity contribution in [1.29, 1.82) is 0 Å². The molecule has 0 unspecified atom stereocenters. The first-order chi connectivity index (χ1) is 9.74. The highest BCUT2D eigenvalue weighted by Gasteiger charge is 2.04. The normalized spacial score (nSPS) is 10.5. The second-order valence-electron chi connectivity index (χ2n) is 4.35. The standard InChI is InChI=1S/C15H14N4O/c1-10-18-14(16-2)8-15(19-10)20-12-7-11-5-3-4-6-13(11)17-9-12/h3-9H,1-2H3,(H,16,18,19). The van der Waals surface area contributed by atoms with Gasteiger partial charge >= 0.3 is 0 Å². The molecule has 0 atom stereocenters. The molecule has 0 saturated heterocycles. The van der Waals surface area contributed by atoms with Gasteiger partial charge in [-0.05, 0) is 19.1 Å². The predicted molar refractivity (Wildman–Crippen MR) is 78.1 cm³/mol. The minimum Gasteiger partial charge on any atom is -0.437 e. The van der Waals surface area contributed by atoms with Gasteiger partial charge in [-0.2, -0.15) is 4.98 Å². The summed E-state index contributed by atoms with van der Waals surface area (Å²) < 4.78 is 5.76. The molecule has 2 aromatic heterocycles. The third kappa shape index (κ3) is 2.51. The number of para-hydroxylation sites is 1. The fraction of sp³-hybridized carbons (Fsp3) is 0.133. The minimum atomic E-state index is 0.499. The molecule has 3 rings (SSSR count). The molecular formula is C15H14N4O. The van der Waals surface area contributed by atoms with E-state index in [1.54, 1.807) is 12.3 Å². The number of anilines is 1. The van der Waals surface area contributed by atoms with Crippen LogP contribution in [0.3, 0.4) is 0 Å². The average molecular weight is 266 g/mol. The number of aryl methyl sites for hydroxylation is 1. The molecule has 5 nitrogen and oxygen atoms in total. The molecular weight excluding hydrogens is 252 g/mol. The van der Waals surface area contributed by atoms with Gasteiger partial charge in [0.15, 0.2) is 0 Å². The molecule has 0 radical (unpaired) electrons. The van der Waals surface area contributed by atoms with Gasteiger partial charge in [0.2, 0.25) is 5.88 Å². The number of rotatable bonds is 3. The van der Waals surface area contributed by atoms with Gasteiger partial charge in [0, 0.05) is 18.5 Å². The van der Waals surface area contributed by atoms with Crippen molar-refractivity contribution in [3.05, 3.63) is 48.4 Å². The van der Waals surface area contributed by atoms with Gasteiger partial charge in [0.1, 0.15) is 17.4 Å². The molecule has 0 aliphatic carbocycles. The SMILES string of the molecule is CNc1cc(Oc2cnc3ccccc3c2)nc(C)n1. The van der Waals surface area contributed by atoms with E-state index in [1.165, 1.54) is 0 Å². The van der Waals surface area contributed by atoms with Crippen molar-refractivity contribution in [2.45, 2.75) is 6.92 Å². The molecule has 0 bridgehead atoms. The van der Waals surface area contributed by atoms with Crippen LogP contribution < -0.4 is 10.1 Å². The number of ether oxygens (including phenoxy) is 1. The Morgan fingerprint density at radius 2 is 1.95 bits per heavy atom. The maximum atomic E-state index is 5.76. The van der Waals surface area contributed by atoms with E-state index in [-0.39, 0.29) is 0 Å². The number of hydrogen-bond donors (Lipinski definition) is 1. The van der Waals surface area contributed by atoms with Gasteiger partial charge in [-0.25, -0.2) is 4.98 Å². The van der Waals surface area contributed by atoms with Gasteiger partial charge in [0.05, 0.1) is 11.7 Å². The topological polar surface area (TPSA) is 59.9 Å². The Labute approximate surface area is 116 Å². The molecule has 2 heterocycles. The molecule has 0 aliphatic rings. The van der Waals surface area contributed by atoms with Crippen molar-refractivity contribution < 1.29 is 4.74 Å². The lowest BCUT2D eigenvalue weighted by molar-refractivity contribution is 0.459. The number of nitrogens with one attached hydrogen (secondary N) is 1. The summed E-state index contributed by atoms with van der Waals surface area (Å²) in [5.41, 5.74) is 0.939. The Morgan fingerprint density at radius 3 is 2.80 bits per heavy atom. The first-order valence-electron chi connectivity index (χ1n) is 6.31. The van der Waals surface area contributed by atoms with Crippen LogP contribution in [-0.2, 0) is 0 Å². The van der Waals surface area contributed by atoms with Crippen molar-refractivity contribution in [3.8, 4) is 11.6 Å². The summed E-state index contributed by atoms with van der Waals surface area (Å²) in [7, 11) is 1.81. The van der Waals surface area contributed by atoms with E-state index in [4.69, 9.17) is 4.74 Å². The third-order valence-corrected chi connectivity index (χ3v) is 2.86. The summed E-state index contributed by atoms with van der Waals surface area (Å²) in [6.45, 7) is 1.83. The van der Waals surface area contributed by atoms with Crippen LogP contribution in [0.2, 0.25) is 0 Å². The van der Waals surface area contributed by atoms with Crippen molar-refractivity contribution >= 4 is 16.7 Å². The smallest absolute Gasteiger partial charge is 0.224 e. The van der Waals surface area contributed by atoms with Crippen LogP contribution in [0.15, 0.2) is 42.6 Å². The summed E-state index contributed by atoms with van der Waals surface area (Å²) in [6.07, 6.45) is 1.69. The van der Waals surface area contributed by atoms with Crippen LogP contribution in [0.5, 0.6) is 11.6 Å². The quantitative estimate of drug-likeness (QED) is 0.789. The van der Waals surface area contributed by atoms with E-state index in [2.05, 4.69) is 20.3 Å². The lowest BCUT2D eigenvalue weighted by Crippen LogP contribution is -1.98. The monoisotopic (exact) mass is 266 g/mol. The van der Waals surface area contributed by atoms with Gasteiger partial charge in [0.25, 0.3) is 0 Å². The number of pyridine rings is 1. The summed E-state index contributed by atoms with van der Waals surface area (Å²) >= 11 is 0. The Morgan fingerprint density at radius 1 is 1.10 bits per heavy atom. The van der Waals surface area contributed by atoms with Crippen LogP contribution in [-0.4, -0.2) is 22.0 Å². The molecule has 0 spiro atoms. The number of nitrogens with zero attached hydrogens (tertiary/aromatic N) is 3. The first kappa shape index (κ1) is 12.3. The Balaban J connectivity index is 1.94. The Hall–Kier alpha value is -2.69. The van der Waals surface area contributed by atoms with Crippen molar-refractivity contribution in [3.63, 3.8) is 0 Å².